The van der Waals surface area contributed by atoms with E-state index in [0.717, 1.165) is 25.4 Å². The van der Waals surface area contributed by atoms with Crippen molar-refractivity contribution < 1.29 is 4.79 Å². The third-order valence-corrected chi connectivity index (χ3v) is 5.31. The van der Waals surface area contributed by atoms with Crippen molar-refractivity contribution in [1.29, 1.82) is 5.26 Å². The molecule has 1 amide bonds. The van der Waals surface area contributed by atoms with Gasteiger partial charge in [0.2, 0.25) is 0 Å². The maximum atomic E-state index is 12.5. The van der Waals surface area contributed by atoms with Crippen LogP contribution in [0.1, 0.15) is 15.9 Å². The van der Waals surface area contributed by atoms with Gasteiger partial charge in [0.15, 0.2) is 0 Å². The minimum absolute atomic E-state index is 0.182. The van der Waals surface area contributed by atoms with Crippen LogP contribution in [0, 0.1) is 11.3 Å². The number of nitrogens with zero attached hydrogens (tertiary/aromatic N) is 1. The van der Waals surface area contributed by atoms with Gasteiger partial charge in [0.05, 0.1) is 18.1 Å². The summed E-state index contributed by atoms with van der Waals surface area (Å²) in [6, 6.07) is 13.2. The molecule has 2 aromatic carbocycles. The fourth-order valence-corrected chi connectivity index (χ4v) is 2.99. The van der Waals surface area contributed by atoms with E-state index in [-0.39, 0.29) is 5.91 Å². The number of halogens is 2. The molecule has 0 saturated heterocycles. The first-order chi connectivity index (χ1) is 11.1. The van der Waals surface area contributed by atoms with Gasteiger partial charge in [-0.1, -0.05) is 12.1 Å². The van der Waals surface area contributed by atoms with Crippen LogP contribution in [0.5, 0.6) is 0 Å². The number of hydrogen-bond donors (Lipinski definition) is 2. The molecule has 0 aliphatic heterocycles. The molecule has 1 aromatic heterocycles. The maximum Gasteiger partial charge on any atom is 0.257 e. The Hall–Kier alpha value is -2.10. The molecule has 3 aromatic rings. The van der Waals surface area contributed by atoms with E-state index >= 15 is 0 Å². The molecule has 0 unspecified atom stereocenters. The number of nitriles is 1. The zero-order valence-electron chi connectivity index (χ0n) is 11.9. The van der Waals surface area contributed by atoms with Gasteiger partial charge >= 0.3 is 0 Å². The van der Waals surface area contributed by atoms with Crippen molar-refractivity contribution in [3.63, 3.8) is 0 Å². The molecule has 0 spiro atoms. The van der Waals surface area contributed by atoms with Gasteiger partial charge < -0.3 is 10.3 Å². The molecule has 114 valence electrons. The van der Waals surface area contributed by atoms with Crippen LogP contribution in [0.2, 0.25) is 0 Å². The van der Waals surface area contributed by atoms with Gasteiger partial charge in [-0.2, -0.15) is 5.26 Å². The quantitative estimate of drug-likeness (QED) is 0.610. The first-order valence-electron chi connectivity index (χ1n) is 6.82. The van der Waals surface area contributed by atoms with Crippen molar-refractivity contribution in [2.75, 3.05) is 5.32 Å². The summed E-state index contributed by atoms with van der Waals surface area (Å²) in [4.78, 5) is 15.6. The summed E-state index contributed by atoms with van der Waals surface area (Å²) in [6.45, 7) is 0. The van der Waals surface area contributed by atoms with Crippen molar-refractivity contribution in [1.82, 2.24) is 4.98 Å². The summed E-state index contributed by atoms with van der Waals surface area (Å²) in [6.07, 6.45) is 2.06. The van der Waals surface area contributed by atoms with Crippen LogP contribution < -0.4 is 5.32 Å². The molecule has 1 heterocycles. The lowest BCUT2D eigenvalue weighted by atomic mass is 10.1. The van der Waals surface area contributed by atoms with E-state index in [9.17, 15) is 4.79 Å². The number of H-pyrrole nitrogens is 1. The lowest BCUT2D eigenvalue weighted by molar-refractivity contribution is 0.102. The van der Waals surface area contributed by atoms with Crippen LogP contribution in [0.4, 0.5) is 5.69 Å². The molecule has 3 rings (SSSR count). The zero-order chi connectivity index (χ0) is 16.4. The van der Waals surface area contributed by atoms with Crippen molar-refractivity contribution in [2.45, 2.75) is 6.42 Å². The molecule has 6 heteroatoms. The monoisotopic (exact) mass is 431 g/mol. The number of carbonyl (C=O) groups excluding carboxylic acids is 1. The van der Waals surface area contributed by atoms with Crippen molar-refractivity contribution in [3.05, 3.63) is 62.7 Å². The molecule has 0 saturated carbocycles. The fourth-order valence-electron chi connectivity index (χ4n) is 2.30. The third kappa shape index (κ3) is 3.31. The summed E-state index contributed by atoms with van der Waals surface area (Å²) in [5, 5.41) is 12.4. The Kier molecular flexibility index (Phi) is 4.51. The normalized spacial score (nSPS) is 10.5. The molecule has 0 aliphatic rings. The Bertz CT molecular complexity index is 923. The van der Waals surface area contributed by atoms with Crippen molar-refractivity contribution in [3.8, 4) is 6.07 Å². The smallest absolute Gasteiger partial charge is 0.257 e. The van der Waals surface area contributed by atoms with E-state index in [1.807, 2.05) is 24.3 Å². The van der Waals surface area contributed by atoms with Gasteiger partial charge in [0.25, 0.3) is 5.91 Å². The van der Waals surface area contributed by atoms with Crippen LogP contribution in [-0.4, -0.2) is 10.9 Å². The van der Waals surface area contributed by atoms with Gasteiger partial charge in [-0.05, 0) is 61.7 Å². The second kappa shape index (κ2) is 6.57. The first kappa shape index (κ1) is 15.8. The van der Waals surface area contributed by atoms with Gasteiger partial charge in [0, 0.05) is 31.7 Å². The van der Waals surface area contributed by atoms with E-state index in [4.69, 9.17) is 5.26 Å². The van der Waals surface area contributed by atoms with E-state index < -0.39 is 0 Å². The minimum atomic E-state index is -0.182. The molecule has 0 radical (unpaired) electrons. The Morgan fingerprint density at radius 3 is 2.57 bits per heavy atom. The highest BCUT2D eigenvalue weighted by atomic mass is 79.9. The van der Waals surface area contributed by atoms with Crippen LogP contribution in [-0.2, 0) is 6.42 Å². The van der Waals surface area contributed by atoms with Crippen molar-refractivity contribution in [2.24, 2.45) is 0 Å². The second-order valence-corrected chi connectivity index (χ2v) is 6.71. The highest BCUT2D eigenvalue weighted by molar-refractivity contribution is 9.13. The molecule has 4 nitrogen and oxygen atoms in total. The van der Waals surface area contributed by atoms with E-state index in [0.29, 0.717) is 17.7 Å². The number of rotatable bonds is 3. The predicted molar refractivity (Wildman–Crippen MR) is 97.4 cm³/mol. The van der Waals surface area contributed by atoms with Crippen LogP contribution >= 0.6 is 31.9 Å². The number of carbonyl (C=O) groups is 1. The van der Waals surface area contributed by atoms with Gasteiger partial charge in [-0.25, -0.2) is 0 Å². The first-order valence-corrected chi connectivity index (χ1v) is 8.40. The van der Waals surface area contributed by atoms with E-state index in [1.165, 1.54) is 0 Å². The lowest BCUT2D eigenvalue weighted by Gasteiger charge is -2.05. The topological polar surface area (TPSA) is 68.7 Å². The molecule has 0 fully saturated rings. The Balaban J connectivity index is 1.86. The number of amides is 1. The molecule has 0 aliphatic carbocycles. The summed E-state index contributed by atoms with van der Waals surface area (Å²) in [5.41, 5.74) is 3.08. The molecule has 0 bridgehead atoms. The number of hydrogen-bond acceptors (Lipinski definition) is 2. The van der Waals surface area contributed by atoms with Crippen LogP contribution in [0.25, 0.3) is 10.9 Å². The average Bonchev–Trinajstić information content (AvgIpc) is 2.93. The number of aromatic nitrogens is 1. The fraction of sp³-hybridized carbons (Fsp3) is 0.0588. The summed E-state index contributed by atoms with van der Waals surface area (Å²) >= 11 is 6.90. The minimum Gasteiger partial charge on any atom is -0.360 e. The highest BCUT2D eigenvalue weighted by Gasteiger charge is 2.13. The largest absolute Gasteiger partial charge is 0.360 e. The van der Waals surface area contributed by atoms with Crippen molar-refractivity contribution >= 4 is 54.4 Å². The summed E-state index contributed by atoms with van der Waals surface area (Å²) < 4.78 is 1.81. The average molecular weight is 433 g/mol. The van der Waals surface area contributed by atoms with Gasteiger partial charge in [-0.15, -0.1) is 0 Å². The van der Waals surface area contributed by atoms with Crippen LogP contribution in [0.3, 0.4) is 0 Å². The van der Waals surface area contributed by atoms with Crippen LogP contribution in [0.15, 0.2) is 51.5 Å². The molecular formula is C17H11Br2N3O. The summed E-state index contributed by atoms with van der Waals surface area (Å²) in [7, 11) is 0. The SMILES string of the molecule is N#CCc1ccc(NC(=O)c2c[nH]c3cc(Br)c(Br)cc23)cc1. The number of anilines is 1. The Labute approximate surface area is 149 Å². The second-order valence-electron chi connectivity index (χ2n) is 5.00. The predicted octanol–water partition coefficient (Wildman–Crippen LogP) is 5.01. The maximum absolute atomic E-state index is 12.5. The molecule has 23 heavy (non-hydrogen) atoms. The Morgan fingerprint density at radius 1 is 1.17 bits per heavy atom. The molecule has 2 N–H and O–H groups in total. The Morgan fingerprint density at radius 2 is 1.87 bits per heavy atom. The number of aromatic amines is 1. The summed E-state index contributed by atoms with van der Waals surface area (Å²) in [5.74, 6) is -0.182. The zero-order valence-corrected chi connectivity index (χ0v) is 15.0. The standard InChI is InChI=1S/C17H11Br2N3O/c18-14-7-12-13(9-21-16(12)8-15(14)19)17(23)22-11-3-1-10(2-4-11)5-6-20/h1-4,7-9,21H,5H2,(H,22,23). The molecule has 0 atom stereocenters. The van der Waals surface area contributed by atoms with E-state index in [2.05, 4.69) is 48.2 Å². The highest BCUT2D eigenvalue weighted by Crippen LogP contribution is 2.30. The van der Waals surface area contributed by atoms with Gasteiger partial charge in [0.1, 0.15) is 0 Å². The molecular weight excluding hydrogens is 422 g/mol. The van der Waals surface area contributed by atoms with E-state index in [1.54, 1.807) is 18.3 Å². The lowest BCUT2D eigenvalue weighted by Crippen LogP contribution is -2.11. The number of fused-ring (bicyclic) bond motifs is 1. The number of nitrogens with one attached hydrogen (secondary N) is 2. The number of benzene rings is 2. The third-order valence-electron chi connectivity index (χ3n) is 3.46. The van der Waals surface area contributed by atoms with Gasteiger partial charge in [-0.3, -0.25) is 4.79 Å².